The van der Waals surface area contributed by atoms with Crippen LogP contribution >= 0.6 is 0 Å². The van der Waals surface area contributed by atoms with Crippen LogP contribution in [-0.4, -0.2) is 61.8 Å². The standard InChI is InChI=1S/C24H26F3N3O6/c1-34-15-5-2-13(3-6-15)29-23(33)30-14-4-7-19-17(8-14)18-9-16(35-20(11-31)22(18)36-19)10-21(32)28-12-24(25,26)27/h2-8,16,18,20,22,31H,9-12H2,1H3,(H,28,32)(H2,29,30,33)/t16-,18-,20+,22+/m1/s1. The number of hydrogen-bond donors (Lipinski definition) is 4. The normalized spacial score (nSPS) is 22.6. The Bertz CT molecular complexity index is 1100. The molecular weight excluding hydrogens is 483 g/mol. The van der Waals surface area contributed by atoms with Crippen molar-refractivity contribution in [3.8, 4) is 11.5 Å². The van der Waals surface area contributed by atoms with Crippen LogP contribution in [0.1, 0.15) is 24.3 Å². The van der Waals surface area contributed by atoms with Gasteiger partial charge in [0.1, 0.15) is 30.3 Å². The summed E-state index contributed by atoms with van der Waals surface area (Å²) in [5, 5.41) is 17.1. The van der Waals surface area contributed by atoms with Gasteiger partial charge in [-0.25, -0.2) is 4.79 Å². The maximum absolute atomic E-state index is 12.5. The lowest BCUT2D eigenvalue weighted by atomic mass is 9.84. The number of alkyl halides is 3. The first-order valence-electron chi connectivity index (χ1n) is 11.3. The molecule has 12 heteroatoms. The quantitative estimate of drug-likeness (QED) is 0.455. The van der Waals surface area contributed by atoms with Crippen molar-refractivity contribution in [1.82, 2.24) is 5.32 Å². The predicted octanol–water partition coefficient (Wildman–Crippen LogP) is 3.40. The Balaban J connectivity index is 1.42. The number of anilines is 2. The molecule has 0 radical (unpaired) electrons. The molecule has 9 nitrogen and oxygen atoms in total. The minimum Gasteiger partial charge on any atom is -0.497 e. The molecule has 1 fully saturated rings. The van der Waals surface area contributed by atoms with Crippen molar-refractivity contribution in [3.63, 3.8) is 0 Å². The number of carbonyl (C=O) groups is 2. The highest BCUT2D eigenvalue weighted by atomic mass is 19.4. The van der Waals surface area contributed by atoms with Gasteiger partial charge in [0, 0.05) is 22.9 Å². The highest BCUT2D eigenvalue weighted by Gasteiger charge is 2.46. The van der Waals surface area contributed by atoms with Gasteiger partial charge in [0.15, 0.2) is 0 Å². The van der Waals surface area contributed by atoms with Gasteiger partial charge in [-0.2, -0.15) is 13.2 Å². The van der Waals surface area contributed by atoms with E-state index in [0.717, 1.165) is 5.56 Å². The lowest BCUT2D eigenvalue weighted by Gasteiger charge is -2.37. The van der Waals surface area contributed by atoms with Crippen LogP contribution in [0.15, 0.2) is 42.5 Å². The van der Waals surface area contributed by atoms with E-state index < -0.39 is 43.0 Å². The van der Waals surface area contributed by atoms with Gasteiger partial charge in [0.25, 0.3) is 0 Å². The molecule has 4 N–H and O–H groups in total. The third-order valence-electron chi connectivity index (χ3n) is 6.00. The molecule has 0 saturated carbocycles. The van der Waals surface area contributed by atoms with Gasteiger partial charge in [-0.05, 0) is 48.9 Å². The number of carbonyl (C=O) groups excluding carboxylic acids is 2. The summed E-state index contributed by atoms with van der Waals surface area (Å²) in [6.07, 6.45) is -6.48. The number of halogens is 3. The number of hydrogen-bond acceptors (Lipinski definition) is 6. The number of nitrogens with one attached hydrogen (secondary N) is 3. The van der Waals surface area contributed by atoms with E-state index in [1.165, 1.54) is 0 Å². The molecule has 4 rings (SSSR count). The molecule has 2 aliphatic rings. The van der Waals surface area contributed by atoms with Crippen molar-refractivity contribution in [3.05, 3.63) is 48.0 Å². The van der Waals surface area contributed by atoms with Gasteiger partial charge in [-0.3, -0.25) is 4.79 Å². The SMILES string of the molecule is COc1ccc(NC(=O)Nc2ccc3c(c2)[C@H]2C[C@H](CC(=O)NCC(F)(F)F)O[C@@H](CO)[C@H]2O3)cc1. The van der Waals surface area contributed by atoms with Crippen molar-refractivity contribution >= 4 is 23.3 Å². The molecule has 1 saturated heterocycles. The summed E-state index contributed by atoms with van der Waals surface area (Å²) in [6, 6.07) is 11.5. The first-order chi connectivity index (χ1) is 17.1. The van der Waals surface area contributed by atoms with Gasteiger partial charge in [0.2, 0.25) is 5.91 Å². The molecule has 2 aromatic carbocycles. The van der Waals surface area contributed by atoms with Gasteiger partial charge < -0.3 is 35.3 Å². The van der Waals surface area contributed by atoms with E-state index in [-0.39, 0.29) is 18.9 Å². The Morgan fingerprint density at radius 1 is 1.11 bits per heavy atom. The van der Waals surface area contributed by atoms with Crippen molar-refractivity contribution in [1.29, 1.82) is 0 Å². The molecule has 4 atom stereocenters. The molecule has 194 valence electrons. The number of aliphatic hydroxyl groups is 1. The van der Waals surface area contributed by atoms with Crippen LogP contribution < -0.4 is 25.4 Å². The second-order valence-electron chi connectivity index (χ2n) is 8.56. The second kappa shape index (κ2) is 10.6. The fraction of sp³-hybridized carbons (Fsp3) is 0.417. The topological polar surface area (TPSA) is 118 Å². The van der Waals surface area contributed by atoms with Crippen LogP contribution in [0.2, 0.25) is 0 Å². The molecule has 0 bridgehead atoms. The van der Waals surface area contributed by atoms with Crippen molar-refractivity contribution in [2.24, 2.45) is 0 Å². The lowest BCUT2D eigenvalue weighted by molar-refractivity contribution is -0.149. The summed E-state index contributed by atoms with van der Waals surface area (Å²) in [5.41, 5.74) is 1.82. The maximum Gasteiger partial charge on any atom is 0.405 e. The van der Waals surface area contributed by atoms with E-state index >= 15 is 0 Å². The Morgan fingerprint density at radius 3 is 2.47 bits per heavy atom. The highest BCUT2D eigenvalue weighted by Crippen LogP contribution is 2.47. The maximum atomic E-state index is 12.5. The molecule has 36 heavy (non-hydrogen) atoms. The third kappa shape index (κ3) is 6.18. The number of amides is 3. The summed E-state index contributed by atoms with van der Waals surface area (Å²) < 4.78 is 54.0. The van der Waals surface area contributed by atoms with Crippen LogP contribution in [0.3, 0.4) is 0 Å². The molecule has 0 aromatic heterocycles. The Kier molecular flexibility index (Phi) is 7.55. The molecule has 2 aliphatic heterocycles. The van der Waals surface area contributed by atoms with Crippen LogP contribution in [0.5, 0.6) is 11.5 Å². The number of fused-ring (bicyclic) bond motifs is 3. The second-order valence-corrected chi connectivity index (χ2v) is 8.56. The summed E-state index contributed by atoms with van der Waals surface area (Å²) in [5.74, 6) is 0.133. The fourth-order valence-corrected chi connectivity index (χ4v) is 4.41. The van der Waals surface area contributed by atoms with Crippen molar-refractivity contribution < 1.29 is 42.1 Å². The molecule has 3 amide bonds. The zero-order valence-electron chi connectivity index (χ0n) is 19.3. The summed E-state index contributed by atoms with van der Waals surface area (Å²) in [6.45, 7) is -1.81. The average Bonchev–Trinajstić information content (AvgIpc) is 3.20. The van der Waals surface area contributed by atoms with E-state index in [1.54, 1.807) is 49.6 Å². The Morgan fingerprint density at radius 2 is 1.81 bits per heavy atom. The van der Waals surface area contributed by atoms with Gasteiger partial charge in [0.05, 0.1) is 26.2 Å². The zero-order valence-corrected chi connectivity index (χ0v) is 19.3. The van der Waals surface area contributed by atoms with Crippen LogP contribution in [0, 0.1) is 0 Å². The smallest absolute Gasteiger partial charge is 0.405 e. The molecule has 0 unspecified atom stereocenters. The number of benzene rings is 2. The molecule has 0 spiro atoms. The molecule has 2 heterocycles. The first kappa shape index (κ1) is 25.6. The van der Waals surface area contributed by atoms with E-state index in [0.29, 0.717) is 29.3 Å². The largest absolute Gasteiger partial charge is 0.497 e. The lowest BCUT2D eigenvalue weighted by Crippen LogP contribution is -2.47. The van der Waals surface area contributed by atoms with Crippen molar-refractivity contribution in [2.45, 2.75) is 43.2 Å². The minimum atomic E-state index is -4.51. The summed E-state index contributed by atoms with van der Waals surface area (Å²) >= 11 is 0. The van der Waals surface area contributed by atoms with Crippen LogP contribution in [0.4, 0.5) is 29.3 Å². The fourth-order valence-electron chi connectivity index (χ4n) is 4.41. The molecular formula is C24H26F3N3O6. The predicted molar refractivity (Wildman–Crippen MR) is 123 cm³/mol. The van der Waals surface area contributed by atoms with E-state index in [1.807, 2.05) is 5.32 Å². The summed E-state index contributed by atoms with van der Waals surface area (Å²) in [7, 11) is 1.55. The van der Waals surface area contributed by atoms with Crippen LogP contribution in [-0.2, 0) is 9.53 Å². The van der Waals surface area contributed by atoms with E-state index in [9.17, 15) is 27.9 Å². The average molecular weight is 509 g/mol. The number of rotatable bonds is 7. The zero-order chi connectivity index (χ0) is 25.9. The van der Waals surface area contributed by atoms with Gasteiger partial charge in [-0.15, -0.1) is 0 Å². The minimum absolute atomic E-state index is 0.280. The van der Waals surface area contributed by atoms with E-state index in [4.69, 9.17) is 14.2 Å². The van der Waals surface area contributed by atoms with Crippen molar-refractivity contribution in [2.75, 3.05) is 30.9 Å². The van der Waals surface area contributed by atoms with Crippen LogP contribution in [0.25, 0.3) is 0 Å². The third-order valence-corrected chi connectivity index (χ3v) is 6.00. The Labute approximate surface area is 204 Å². The monoisotopic (exact) mass is 509 g/mol. The molecule has 2 aromatic rings. The number of methoxy groups -OCH3 is 1. The molecule has 0 aliphatic carbocycles. The van der Waals surface area contributed by atoms with Gasteiger partial charge in [-0.1, -0.05) is 0 Å². The number of urea groups is 1. The number of aliphatic hydroxyl groups excluding tert-OH is 1. The van der Waals surface area contributed by atoms with Gasteiger partial charge >= 0.3 is 12.2 Å². The first-order valence-corrected chi connectivity index (χ1v) is 11.3. The Hall–Kier alpha value is -3.51. The highest BCUT2D eigenvalue weighted by molar-refractivity contribution is 5.99. The van der Waals surface area contributed by atoms with E-state index in [2.05, 4.69) is 10.6 Å². The number of ether oxygens (including phenoxy) is 3. The summed E-state index contributed by atoms with van der Waals surface area (Å²) in [4.78, 5) is 24.5.